The van der Waals surface area contributed by atoms with Crippen LogP contribution >= 0.6 is 11.3 Å². The zero-order chi connectivity index (χ0) is 19.0. The molecule has 3 aromatic rings. The van der Waals surface area contributed by atoms with Gasteiger partial charge < -0.3 is 15.4 Å². The number of rotatable bonds is 3. The van der Waals surface area contributed by atoms with Gasteiger partial charge in [-0.25, -0.2) is 9.78 Å². The largest absolute Gasteiger partial charge is 0.449 e. The number of nitrogens with zero attached hydrogens (tertiary/aromatic N) is 2. The molecule has 0 fully saturated rings. The third kappa shape index (κ3) is 3.38. The third-order valence-electron chi connectivity index (χ3n) is 4.65. The topological polar surface area (TPSA) is 85.5 Å². The van der Waals surface area contributed by atoms with E-state index >= 15 is 0 Å². The lowest BCUT2D eigenvalue weighted by Gasteiger charge is -2.31. The molecule has 1 amide bonds. The maximum Gasteiger partial charge on any atom is 0.338 e. The van der Waals surface area contributed by atoms with Crippen LogP contribution in [-0.2, 0) is 16.0 Å². The highest BCUT2D eigenvalue weighted by molar-refractivity contribution is 7.22. The molecule has 4 rings (SSSR count). The molecule has 1 atom stereocenters. The molecule has 0 spiro atoms. The van der Waals surface area contributed by atoms with Crippen LogP contribution in [0.5, 0.6) is 0 Å². The highest BCUT2D eigenvalue weighted by Gasteiger charge is 2.28. The summed E-state index contributed by atoms with van der Waals surface area (Å²) in [5.41, 5.74) is 8.86. The summed E-state index contributed by atoms with van der Waals surface area (Å²) in [6.45, 7) is 2.24. The second-order valence-electron chi connectivity index (χ2n) is 6.50. The number of esters is 1. The molecular weight excluding hydrogens is 362 g/mol. The molecule has 1 unspecified atom stereocenters. The minimum absolute atomic E-state index is 0.210. The zero-order valence-electron chi connectivity index (χ0n) is 14.8. The SMILES string of the molecule is CC(OC(=O)c1ccc2nc(N)sc2c1)C(=O)N1CCCc2ccccc21. The number of para-hydroxylation sites is 1. The quantitative estimate of drug-likeness (QED) is 0.703. The van der Waals surface area contributed by atoms with E-state index < -0.39 is 12.1 Å². The maximum absolute atomic E-state index is 12.9. The molecule has 0 bridgehead atoms. The van der Waals surface area contributed by atoms with Crippen LogP contribution in [0.15, 0.2) is 42.5 Å². The average molecular weight is 381 g/mol. The number of aromatic nitrogens is 1. The van der Waals surface area contributed by atoms with E-state index in [-0.39, 0.29) is 5.91 Å². The average Bonchev–Trinajstić information content (AvgIpc) is 3.06. The Bertz CT molecular complexity index is 1030. The first-order valence-electron chi connectivity index (χ1n) is 8.79. The standard InChI is InChI=1S/C20H19N3O3S/c1-12(18(24)23-10-4-6-13-5-2-3-7-16(13)23)26-19(25)14-8-9-15-17(11-14)27-20(21)22-15/h2-3,5,7-9,11-12H,4,6,10H2,1H3,(H2,21,22). The van der Waals surface area contributed by atoms with Crippen molar-refractivity contribution in [1.82, 2.24) is 4.98 Å². The number of anilines is 2. The highest BCUT2D eigenvalue weighted by Crippen LogP contribution is 2.28. The number of hydrogen-bond donors (Lipinski definition) is 1. The van der Waals surface area contributed by atoms with Crippen LogP contribution in [-0.4, -0.2) is 29.5 Å². The monoisotopic (exact) mass is 381 g/mol. The molecule has 0 radical (unpaired) electrons. The number of hydrogen-bond acceptors (Lipinski definition) is 6. The molecule has 2 heterocycles. The fourth-order valence-corrected chi connectivity index (χ4v) is 4.10. The number of ether oxygens (including phenoxy) is 1. The Balaban J connectivity index is 1.50. The maximum atomic E-state index is 12.9. The van der Waals surface area contributed by atoms with Crippen LogP contribution in [0, 0.1) is 0 Å². The predicted octanol–water partition coefficient (Wildman–Crippen LogP) is 3.40. The molecule has 0 saturated carbocycles. The van der Waals surface area contributed by atoms with Gasteiger partial charge in [0.05, 0.1) is 15.8 Å². The Hall–Kier alpha value is -2.93. The zero-order valence-corrected chi connectivity index (χ0v) is 15.7. The van der Waals surface area contributed by atoms with Gasteiger partial charge in [0.25, 0.3) is 5.91 Å². The van der Waals surface area contributed by atoms with Gasteiger partial charge in [-0.05, 0) is 49.6 Å². The van der Waals surface area contributed by atoms with Gasteiger partial charge in [0.2, 0.25) is 0 Å². The summed E-state index contributed by atoms with van der Waals surface area (Å²) >= 11 is 1.31. The normalized spacial score (nSPS) is 14.6. The first kappa shape index (κ1) is 17.5. The van der Waals surface area contributed by atoms with E-state index in [9.17, 15) is 9.59 Å². The summed E-state index contributed by atoms with van der Waals surface area (Å²) in [6.07, 6.45) is 0.977. The van der Waals surface area contributed by atoms with Gasteiger partial charge in [0.1, 0.15) is 0 Å². The molecule has 0 aliphatic carbocycles. The van der Waals surface area contributed by atoms with Gasteiger partial charge in [-0.2, -0.15) is 0 Å². The van der Waals surface area contributed by atoms with Crippen molar-refractivity contribution >= 4 is 44.2 Å². The van der Waals surface area contributed by atoms with E-state index in [0.29, 0.717) is 17.2 Å². The Labute approximate surface area is 160 Å². The van der Waals surface area contributed by atoms with E-state index in [1.807, 2.05) is 24.3 Å². The summed E-state index contributed by atoms with van der Waals surface area (Å²) < 4.78 is 6.26. The predicted molar refractivity (Wildman–Crippen MR) is 106 cm³/mol. The van der Waals surface area contributed by atoms with Gasteiger partial charge in [-0.3, -0.25) is 4.79 Å². The molecule has 1 aromatic heterocycles. The number of nitrogen functional groups attached to an aromatic ring is 1. The Morgan fingerprint density at radius 3 is 2.93 bits per heavy atom. The second-order valence-corrected chi connectivity index (χ2v) is 7.57. The van der Waals surface area contributed by atoms with Crippen LogP contribution in [0.3, 0.4) is 0 Å². The number of fused-ring (bicyclic) bond motifs is 2. The first-order valence-corrected chi connectivity index (χ1v) is 9.61. The van der Waals surface area contributed by atoms with Crippen molar-refractivity contribution in [3.63, 3.8) is 0 Å². The Kier molecular flexibility index (Phi) is 4.53. The van der Waals surface area contributed by atoms with E-state index in [1.54, 1.807) is 30.0 Å². The highest BCUT2D eigenvalue weighted by atomic mass is 32.1. The fourth-order valence-electron chi connectivity index (χ4n) is 3.33. The van der Waals surface area contributed by atoms with Crippen LogP contribution in [0.1, 0.15) is 29.3 Å². The van der Waals surface area contributed by atoms with E-state index in [0.717, 1.165) is 34.3 Å². The second kappa shape index (κ2) is 7.00. The Morgan fingerprint density at radius 1 is 1.26 bits per heavy atom. The van der Waals surface area contributed by atoms with Crippen molar-refractivity contribution < 1.29 is 14.3 Å². The summed E-state index contributed by atoms with van der Waals surface area (Å²) in [5, 5.41) is 0.447. The van der Waals surface area contributed by atoms with Gasteiger partial charge >= 0.3 is 5.97 Å². The van der Waals surface area contributed by atoms with Crippen molar-refractivity contribution in [1.29, 1.82) is 0 Å². The van der Waals surface area contributed by atoms with Crippen LogP contribution < -0.4 is 10.6 Å². The number of carbonyl (C=O) groups is 2. The molecule has 27 heavy (non-hydrogen) atoms. The van der Waals surface area contributed by atoms with Gasteiger partial charge in [0.15, 0.2) is 11.2 Å². The fraction of sp³-hybridized carbons (Fsp3) is 0.250. The number of thiazole rings is 1. The van der Waals surface area contributed by atoms with Crippen molar-refractivity contribution in [2.24, 2.45) is 0 Å². The first-order chi connectivity index (χ1) is 13.0. The number of carbonyl (C=O) groups excluding carboxylic acids is 2. The lowest BCUT2D eigenvalue weighted by molar-refractivity contribution is -0.126. The molecule has 138 valence electrons. The van der Waals surface area contributed by atoms with Crippen LogP contribution in [0.2, 0.25) is 0 Å². The van der Waals surface area contributed by atoms with E-state index in [2.05, 4.69) is 4.98 Å². The van der Waals surface area contributed by atoms with Gasteiger partial charge in [-0.1, -0.05) is 29.5 Å². The molecule has 7 heteroatoms. The molecule has 6 nitrogen and oxygen atoms in total. The minimum Gasteiger partial charge on any atom is -0.449 e. The van der Waals surface area contributed by atoms with Crippen molar-refractivity contribution in [3.05, 3.63) is 53.6 Å². The molecule has 0 saturated heterocycles. The summed E-state index contributed by atoms with van der Waals surface area (Å²) in [6, 6.07) is 12.9. The molecule has 2 N–H and O–H groups in total. The van der Waals surface area contributed by atoms with Crippen LogP contribution in [0.25, 0.3) is 10.2 Å². The number of nitrogens with two attached hydrogens (primary N) is 1. The van der Waals surface area contributed by atoms with Crippen molar-refractivity contribution in [2.45, 2.75) is 25.9 Å². The summed E-state index contributed by atoms with van der Waals surface area (Å²) in [5.74, 6) is -0.742. The van der Waals surface area contributed by atoms with Gasteiger partial charge in [0, 0.05) is 12.2 Å². The third-order valence-corrected chi connectivity index (χ3v) is 5.50. The smallest absolute Gasteiger partial charge is 0.338 e. The van der Waals surface area contributed by atoms with Crippen molar-refractivity contribution in [2.75, 3.05) is 17.2 Å². The van der Waals surface area contributed by atoms with Crippen molar-refractivity contribution in [3.8, 4) is 0 Å². The lowest BCUT2D eigenvalue weighted by atomic mass is 10.0. The van der Waals surface area contributed by atoms with Crippen LogP contribution in [0.4, 0.5) is 10.8 Å². The van der Waals surface area contributed by atoms with Gasteiger partial charge in [-0.15, -0.1) is 0 Å². The summed E-state index contributed by atoms with van der Waals surface area (Å²) in [4.78, 5) is 31.2. The van der Waals surface area contributed by atoms with E-state index in [4.69, 9.17) is 10.5 Å². The molecular formula is C20H19N3O3S. The molecule has 1 aliphatic rings. The minimum atomic E-state index is -0.870. The summed E-state index contributed by atoms with van der Waals surface area (Å²) in [7, 11) is 0. The Morgan fingerprint density at radius 2 is 2.07 bits per heavy atom. The number of benzene rings is 2. The molecule has 1 aliphatic heterocycles. The lowest BCUT2D eigenvalue weighted by Crippen LogP contribution is -2.42. The van der Waals surface area contributed by atoms with E-state index in [1.165, 1.54) is 11.3 Å². The molecule has 2 aromatic carbocycles. The number of aryl methyl sites for hydroxylation is 1. The number of amides is 1.